The lowest BCUT2D eigenvalue weighted by atomic mass is 10.0. The number of aliphatic hydroxyl groups is 1. The van der Waals surface area contributed by atoms with Crippen molar-refractivity contribution in [3.8, 4) is 5.75 Å². The van der Waals surface area contributed by atoms with E-state index in [1.807, 2.05) is 36.4 Å². The van der Waals surface area contributed by atoms with E-state index in [2.05, 4.69) is 21.2 Å². The Morgan fingerprint density at radius 3 is 2.91 bits per heavy atom. The molecule has 5 heteroatoms. The number of hydrogen-bond acceptors (Lipinski definition) is 3. The smallest absolute Gasteiger partial charge is 0.151 e. The summed E-state index contributed by atoms with van der Waals surface area (Å²) >= 11 is 9.55. The molecule has 0 spiro atoms. The van der Waals surface area contributed by atoms with Crippen molar-refractivity contribution in [1.29, 1.82) is 0 Å². The second-order valence-electron chi connectivity index (χ2n) is 5.34. The molecule has 1 unspecified atom stereocenters. The van der Waals surface area contributed by atoms with Crippen molar-refractivity contribution >= 4 is 33.2 Å². The molecule has 0 amide bonds. The third-order valence-electron chi connectivity index (χ3n) is 3.73. The van der Waals surface area contributed by atoms with Crippen molar-refractivity contribution in [2.75, 3.05) is 11.9 Å². The Kier molecular flexibility index (Phi) is 4.91. The van der Waals surface area contributed by atoms with Crippen LogP contribution in [-0.4, -0.2) is 11.7 Å². The average molecular weight is 383 g/mol. The second-order valence-corrected chi connectivity index (χ2v) is 6.69. The zero-order valence-corrected chi connectivity index (χ0v) is 14.3. The van der Waals surface area contributed by atoms with Crippen LogP contribution in [0.25, 0.3) is 0 Å². The number of ether oxygens (including phenoxy) is 1. The summed E-state index contributed by atoms with van der Waals surface area (Å²) < 4.78 is 6.76. The van der Waals surface area contributed by atoms with Gasteiger partial charge in [0.2, 0.25) is 0 Å². The molecule has 3 nitrogen and oxygen atoms in total. The van der Waals surface area contributed by atoms with Crippen molar-refractivity contribution in [3.05, 3.63) is 57.0 Å². The fourth-order valence-corrected chi connectivity index (χ4v) is 3.18. The minimum atomic E-state index is -0.804. The second kappa shape index (κ2) is 6.90. The molecular weight excluding hydrogens is 366 g/mol. The van der Waals surface area contributed by atoms with Gasteiger partial charge in [0.1, 0.15) is 5.75 Å². The van der Waals surface area contributed by atoms with Crippen LogP contribution in [-0.2, 0) is 6.42 Å². The first-order valence-electron chi connectivity index (χ1n) is 7.29. The van der Waals surface area contributed by atoms with Gasteiger partial charge >= 0.3 is 0 Å². The van der Waals surface area contributed by atoms with Gasteiger partial charge in [-0.2, -0.15) is 0 Å². The van der Waals surface area contributed by atoms with E-state index >= 15 is 0 Å². The lowest BCUT2D eigenvalue weighted by Crippen LogP contribution is -2.12. The molecule has 1 aliphatic rings. The Morgan fingerprint density at radius 2 is 2.05 bits per heavy atom. The Balaban J connectivity index is 1.99. The molecule has 3 rings (SSSR count). The number of halogens is 2. The maximum absolute atomic E-state index is 10.6. The zero-order valence-electron chi connectivity index (χ0n) is 12.0. The van der Waals surface area contributed by atoms with Crippen molar-refractivity contribution in [1.82, 2.24) is 0 Å². The zero-order chi connectivity index (χ0) is 15.5. The molecule has 0 saturated carbocycles. The summed E-state index contributed by atoms with van der Waals surface area (Å²) in [5.41, 5.74) is 2.70. The third-order valence-corrected chi connectivity index (χ3v) is 4.46. The monoisotopic (exact) mass is 381 g/mol. The van der Waals surface area contributed by atoms with E-state index in [1.54, 1.807) is 0 Å². The molecule has 0 fully saturated rings. The van der Waals surface area contributed by atoms with Crippen LogP contribution in [0.5, 0.6) is 5.75 Å². The maximum Gasteiger partial charge on any atom is 0.151 e. The number of benzene rings is 2. The van der Waals surface area contributed by atoms with E-state index < -0.39 is 6.23 Å². The summed E-state index contributed by atoms with van der Waals surface area (Å²) in [6.07, 6.45) is 2.02. The van der Waals surface area contributed by atoms with Gasteiger partial charge in [0, 0.05) is 15.1 Å². The van der Waals surface area contributed by atoms with Crippen LogP contribution in [0.3, 0.4) is 0 Å². The van der Waals surface area contributed by atoms with Crippen LogP contribution in [0, 0.1) is 0 Å². The van der Waals surface area contributed by atoms with Gasteiger partial charge in [-0.25, -0.2) is 0 Å². The molecule has 0 saturated heterocycles. The minimum absolute atomic E-state index is 0.655. The van der Waals surface area contributed by atoms with E-state index in [0.717, 1.165) is 46.3 Å². The van der Waals surface area contributed by atoms with E-state index in [9.17, 15) is 5.11 Å². The largest absolute Gasteiger partial charge is 0.491 e. The van der Waals surface area contributed by atoms with E-state index in [-0.39, 0.29) is 0 Å². The topological polar surface area (TPSA) is 41.5 Å². The predicted molar refractivity (Wildman–Crippen MR) is 92.6 cm³/mol. The lowest BCUT2D eigenvalue weighted by Gasteiger charge is -2.19. The molecule has 2 aromatic rings. The summed E-state index contributed by atoms with van der Waals surface area (Å²) in [5, 5.41) is 14.4. The fraction of sp³-hybridized carbons (Fsp3) is 0.294. The molecule has 1 atom stereocenters. The van der Waals surface area contributed by atoms with Crippen LogP contribution in [0.4, 0.5) is 5.69 Å². The first-order chi connectivity index (χ1) is 10.6. The van der Waals surface area contributed by atoms with Gasteiger partial charge < -0.3 is 15.2 Å². The highest BCUT2D eigenvalue weighted by Crippen LogP contribution is 2.33. The Morgan fingerprint density at radius 1 is 1.18 bits per heavy atom. The Hall–Kier alpha value is -1.23. The van der Waals surface area contributed by atoms with Crippen LogP contribution in [0.2, 0.25) is 5.02 Å². The number of nitrogens with one attached hydrogen (secondary N) is 1. The molecule has 116 valence electrons. The number of rotatable bonds is 0. The summed E-state index contributed by atoms with van der Waals surface area (Å²) in [4.78, 5) is 0. The van der Waals surface area contributed by atoms with Crippen LogP contribution >= 0.6 is 27.5 Å². The molecule has 0 bridgehead atoms. The van der Waals surface area contributed by atoms with Crippen LogP contribution in [0.15, 0.2) is 40.9 Å². The highest BCUT2D eigenvalue weighted by atomic mass is 79.9. The van der Waals surface area contributed by atoms with Gasteiger partial charge in [-0.15, -0.1) is 0 Å². The fourth-order valence-electron chi connectivity index (χ4n) is 2.62. The van der Waals surface area contributed by atoms with Gasteiger partial charge in [0.05, 0.1) is 12.3 Å². The number of aliphatic hydroxyl groups excluding tert-OH is 1. The molecule has 0 radical (unpaired) electrons. The molecule has 0 aromatic heterocycles. The summed E-state index contributed by atoms with van der Waals surface area (Å²) in [5.74, 6) is 0.750. The first-order valence-corrected chi connectivity index (χ1v) is 8.46. The van der Waals surface area contributed by atoms with Gasteiger partial charge in [0.15, 0.2) is 6.23 Å². The predicted octanol–water partition coefficient (Wildman–Crippen LogP) is 4.92. The molecule has 22 heavy (non-hydrogen) atoms. The lowest BCUT2D eigenvalue weighted by molar-refractivity contribution is 0.206. The van der Waals surface area contributed by atoms with E-state index in [1.165, 1.54) is 0 Å². The van der Waals surface area contributed by atoms with Crippen molar-refractivity contribution < 1.29 is 9.84 Å². The third kappa shape index (κ3) is 3.57. The normalized spacial score (nSPS) is 18.2. The van der Waals surface area contributed by atoms with E-state index in [0.29, 0.717) is 11.6 Å². The Labute approximate surface area is 143 Å². The molecule has 1 heterocycles. The molecule has 0 aliphatic carbocycles. The number of anilines is 1. The molecule has 2 N–H and O–H groups in total. The average Bonchev–Trinajstić information content (AvgIpc) is 2.50. The minimum Gasteiger partial charge on any atom is -0.491 e. The van der Waals surface area contributed by atoms with Crippen molar-refractivity contribution in [3.63, 3.8) is 0 Å². The van der Waals surface area contributed by atoms with Crippen molar-refractivity contribution in [2.45, 2.75) is 25.5 Å². The Bertz CT molecular complexity index is 678. The quantitative estimate of drug-likeness (QED) is 0.679. The number of aryl methyl sites for hydroxylation is 1. The van der Waals surface area contributed by atoms with Gasteiger partial charge in [-0.05, 0) is 55.2 Å². The summed E-state index contributed by atoms with van der Waals surface area (Å²) in [6.45, 7) is 0.655. The van der Waals surface area contributed by atoms with Crippen molar-refractivity contribution in [2.24, 2.45) is 0 Å². The summed E-state index contributed by atoms with van der Waals surface area (Å²) in [6, 6.07) is 11.4. The van der Waals surface area contributed by atoms with Gasteiger partial charge in [-0.3, -0.25) is 0 Å². The first kappa shape index (κ1) is 15.7. The highest BCUT2D eigenvalue weighted by Gasteiger charge is 2.16. The van der Waals surface area contributed by atoms with Crippen LogP contribution < -0.4 is 10.1 Å². The SMILES string of the molecule is OC1Nc2cc(Br)ccc2OCCCCc2cc(Cl)ccc21. The van der Waals surface area contributed by atoms with Gasteiger partial charge in [0.25, 0.3) is 0 Å². The highest BCUT2D eigenvalue weighted by molar-refractivity contribution is 9.10. The molecule has 2 aromatic carbocycles. The maximum atomic E-state index is 10.6. The van der Waals surface area contributed by atoms with Crippen LogP contribution in [0.1, 0.15) is 30.2 Å². The van der Waals surface area contributed by atoms with Gasteiger partial charge in [-0.1, -0.05) is 33.6 Å². The molecule has 1 aliphatic heterocycles. The number of fused-ring (bicyclic) bond motifs is 2. The standard InChI is InChI=1S/C17H17BrClNO2/c18-12-4-7-16-15(10-12)20-17(21)14-6-5-13(19)9-11(14)3-1-2-8-22-16/h4-7,9-10,17,20-21H,1-3,8H2. The molecular formula is C17H17BrClNO2. The number of hydrogen-bond donors (Lipinski definition) is 2. The van der Waals surface area contributed by atoms with E-state index in [4.69, 9.17) is 16.3 Å². The summed E-state index contributed by atoms with van der Waals surface area (Å²) in [7, 11) is 0.